The molecule has 7 nitrogen and oxygen atoms in total. The van der Waals surface area contributed by atoms with Crippen molar-refractivity contribution < 1.29 is 18.7 Å². The second-order valence-corrected chi connectivity index (χ2v) is 11.0. The van der Waals surface area contributed by atoms with E-state index in [1.165, 1.54) is 6.07 Å². The number of carbonyl (C=O) groups is 1. The summed E-state index contributed by atoms with van der Waals surface area (Å²) in [5.41, 5.74) is 10.4. The first-order valence-corrected chi connectivity index (χ1v) is 16.0. The smallest absolute Gasteiger partial charge is 0.230 e. The van der Waals surface area contributed by atoms with Crippen molar-refractivity contribution in [1.29, 1.82) is 0 Å². The van der Waals surface area contributed by atoms with Gasteiger partial charge in [-0.25, -0.2) is 4.39 Å². The minimum absolute atomic E-state index is 0.0263. The molecular weight excluding hydrogens is 599 g/mol. The molecule has 0 aliphatic carbocycles. The van der Waals surface area contributed by atoms with Gasteiger partial charge in [0.25, 0.3) is 0 Å². The second kappa shape index (κ2) is 19.1. The first-order chi connectivity index (χ1) is 22.4. The van der Waals surface area contributed by atoms with Crippen molar-refractivity contribution in [3.05, 3.63) is 120 Å². The molecule has 5 aromatic rings. The Bertz CT molecular complexity index is 1690. The average Bonchev–Trinajstić information content (AvgIpc) is 3.52. The molecule has 2 heterocycles. The van der Waals surface area contributed by atoms with E-state index < -0.39 is 0 Å². The maximum atomic E-state index is 15.1. The predicted octanol–water partition coefficient (Wildman–Crippen LogP) is 8.66. The third-order valence-corrected chi connectivity index (χ3v) is 7.86. The lowest BCUT2D eigenvalue weighted by Gasteiger charge is -2.13. The molecule has 0 atom stereocenters. The molecule has 3 aromatic carbocycles. The maximum absolute atomic E-state index is 15.1. The molecule has 46 heavy (non-hydrogen) atoms. The molecule has 1 amide bonds. The van der Waals surface area contributed by atoms with E-state index in [0.29, 0.717) is 34.8 Å². The van der Waals surface area contributed by atoms with Gasteiger partial charge in [-0.1, -0.05) is 69.0 Å². The molecular formula is C37H43FN4O3S. The standard InChI is InChI=1S/C31H26FN3O2S.C4H11NO.C2H6/c1-20(16-30(36)35-26-10-6-7-11-28(26)37-2)34-24-13-12-22(25(32)18-24)17-23-14-15-33-27-19-29(38-31(23)27)21-8-4-3-5-9-21;1-6-4-2-3-5;1-2/h3-15,18-19,34H,1,16-17H2,2H3,(H,35,36);2-5H2,1H3;1-2H3. The van der Waals surface area contributed by atoms with Crippen molar-refractivity contribution in [1.82, 2.24) is 4.98 Å². The van der Waals surface area contributed by atoms with Crippen LogP contribution in [-0.2, 0) is 16.0 Å². The topological polar surface area (TPSA) is 98.5 Å². The number of ether oxygens (including phenoxy) is 2. The summed E-state index contributed by atoms with van der Waals surface area (Å²) in [4.78, 5) is 18.1. The van der Waals surface area contributed by atoms with E-state index >= 15 is 4.39 Å². The van der Waals surface area contributed by atoms with Gasteiger partial charge in [-0.05, 0) is 66.1 Å². The van der Waals surface area contributed by atoms with Crippen LogP contribution >= 0.6 is 11.3 Å². The van der Waals surface area contributed by atoms with Crippen molar-refractivity contribution in [2.75, 3.05) is 38.0 Å². The number of nitrogens with zero attached hydrogens (tertiary/aromatic N) is 1. The van der Waals surface area contributed by atoms with Gasteiger partial charge >= 0.3 is 0 Å². The van der Waals surface area contributed by atoms with E-state index in [2.05, 4.69) is 40.4 Å². The Labute approximate surface area is 275 Å². The zero-order valence-corrected chi connectivity index (χ0v) is 27.8. The highest BCUT2D eigenvalue weighted by molar-refractivity contribution is 7.22. The lowest BCUT2D eigenvalue weighted by Crippen LogP contribution is -2.15. The summed E-state index contributed by atoms with van der Waals surface area (Å²) in [6.45, 7) is 9.44. The van der Waals surface area contributed by atoms with Gasteiger partial charge in [0.2, 0.25) is 5.91 Å². The van der Waals surface area contributed by atoms with E-state index in [0.717, 1.165) is 45.8 Å². The maximum Gasteiger partial charge on any atom is 0.230 e. The van der Waals surface area contributed by atoms with Crippen LogP contribution in [0.1, 0.15) is 37.8 Å². The summed E-state index contributed by atoms with van der Waals surface area (Å²) in [5.74, 6) is -0.00918. The summed E-state index contributed by atoms with van der Waals surface area (Å²) in [5, 5.41) is 5.85. The van der Waals surface area contributed by atoms with Crippen LogP contribution < -0.4 is 21.1 Å². The molecule has 0 aliphatic rings. The molecule has 0 fully saturated rings. The van der Waals surface area contributed by atoms with E-state index in [9.17, 15) is 4.79 Å². The summed E-state index contributed by atoms with van der Waals surface area (Å²) in [6.07, 6.45) is 3.21. The number of nitrogens with two attached hydrogens (primary N) is 1. The van der Waals surface area contributed by atoms with Crippen molar-refractivity contribution in [2.45, 2.75) is 33.1 Å². The highest BCUT2D eigenvalue weighted by Crippen LogP contribution is 2.35. The molecule has 242 valence electrons. The summed E-state index contributed by atoms with van der Waals surface area (Å²) < 4.78 is 26.1. The SMILES string of the molecule is C=C(CC(=O)Nc1ccccc1OC)Nc1ccc(Cc2ccnc3cc(-c4ccccc4)sc23)c(F)c1.CC.COCCCN. The number of methoxy groups -OCH3 is 2. The molecule has 0 spiro atoms. The molecule has 9 heteroatoms. The number of aromatic nitrogens is 1. The number of hydrogen-bond donors (Lipinski definition) is 3. The Kier molecular flexibility index (Phi) is 14.9. The highest BCUT2D eigenvalue weighted by atomic mass is 32.1. The third-order valence-electron chi connectivity index (χ3n) is 6.61. The van der Waals surface area contributed by atoms with E-state index in [4.69, 9.17) is 15.2 Å². The molecule has 0 aliphatic heterocycles. The molecule has 0 saturated carbocycles. The number of amides is 1. The number of para-hydroxylation sites is 2. The molecule has 0 unspecified atom stereocenters. The number of pyridine rings is 1. The largest absolute Gasteiger partial charge is 0.495 e. The van der Waals surface area contributed by atoms with Crippen molar-refractivity contribution in [2.24, 2.45) is 5.73 Å². The first kappa shape index (κ1) is 35.9. The number of benzene rings is 3. The fourth-order valence-electron chi connectivity index (χ4n) is 4.46. The Morgan fingerprint density at radius 2 is 1.70 bits per heavy atom. The summed E-state index contributed by atoms with van der Waals surface area (Å²) >= 11 is 1.67. The molecule has 0 radical (unpaired) electrons. The summed E-state index contributed by atoms with van der Waals surface area (Å²) in [6, 6.07) is 26.4. The summed E-state index contributed by atoms with van der Waals surface area (Å²) in [7, 11) is 3.22. The van der Waals surface area contributed by atoms with E-state index in [1.807, 2.05) is 50.2 Å². The van der Waals surface area contributed by atoms with E-state index in [1.54, 1.807) is 56.0 Å². The van der Waals surface area contributed by atoms with Crippen molar-refractivity contribution >= 4 is 38.8 Å². The fraction of sp³-hybridized carbons (Fsp3) is 0.243. The number of nitrogens with one attached hydrogen (secondary N) is 2. The zero-order valence-electron chi connectivity index (χ0n) is 26.9. The van der Waals surface area contributed by atoms with Crippen LogP contribution in [0.3, 0.4) is 0 Å². The normalized spacial score (nSPS) is 10.2. The zero-order chi connectivity index (χ0) is 33.3. The van der Waals surface area contributed by atoms with Gasteiger partial charge < -0.3 is 25.8 Å². The van der Waals surface area contributed by atoms with E-state index in [-0.39, 0.29) is 18.1 Å². The van der Waals surface area contributed by atoms with Crippen LogP contribution in [0.25, 0.3) is 20.7 Å². The van der Waals surface area contributed by atoms with Crippen molar-refractivity contribution in [3.63, 3.8) is 0 Å². The number of carbonyl (C=O) groups excluding carboxylic acids is 1. The molecule has 0 bridgehead atoms. The molecule has 4 N–H and O–H groups in total. The Morgan fingerprint density at radius 1 is 0.957 bits per heavy atom. The quantitative estimate of drug-likeness (QED) is 0.118. The first-order valence-electron chi connectivity index (χ1n) is 15.2. The lowest BCUT2D eigenvalue weighted by atomic mass is 10.0. The van der Waals surface area contributed by atoms with Gasteiger partial charge in [-0.2, -0.15) is 0 Å². The van der Waals surface area contributed by atoms with Crippen LogP contribution in [0.5, 0.6) is 5.75 Å². The fourth-order valence-corrected chi connectivity index (χ4v) is 5.59. The monoisotopic (exact) mass is 642 g/mol. The van der Waals surface area contributed by atoms with Crippen molar-refractivity contribution in [3.8, 4) is 16.2 Å². The van der Waals surface area contributed by atoms with Crippen LogP contribution in [0.4, 0.5) is 15.8 Å². The average molecular weight is 643 g/mol. The van der Waals surface area contributed by atoms with Gasteiger partial charge in [0, 0.05) is 42.6 Å². The van der Waals surface area contributed by atoms with Gasteiger partial charge in [0.05, 0.1) is 29.4 Å². The lowest BCUT2D eigenvalue weighted by molar-refractivity contribution is -0.115. The predicted molar refractivity (Wildman–Crippen MR) is 190 cm³/mol. The number of thiophene rings is 1. The van der Waals surface area contributed by atoms with Crippen LogP contribution in [0.15, 0.2) is 103 Å². The van der Waals surface area contributed by atoms with Crippen LogP contribution in [0, 0.1) is 5.82 Å². The van der Waals surface area contributed by atoms with Gasteiger partial charge in [-0.15, -0.1) is 11.3 Å². The Morgan fingerprint density at radius 3 is 2.37 bits per heavy atom. The van der Waals surface area contributed by atoms with Gasteiger partial charge in [0.1, 0.15) is 11.6 Å². The minimum Gasteiger partial charge on any atom is -0.495 e. The number of hydrogen-bond acceptors (Lipinski definition) is 7. The molecule has 2 aromatic heterocycles. The van der Waals surface area contributed by atoms with Crippen LogP contribution in [0.2, 0.25) is 0 Å². The molecule has 5 rings (SSSR count). The Hall–Kier alpha value is -4.57. The van der Waals surface area contributed by atoms with Gasteiger partial charge in [-0.3, -0.25) is 9.78 Å². The Balaban J connectivity index is 0.000000648. The minimum atomic E-state index is -0.328. The highest BCUT2D eigenvalue weighted by Gasteiger charge is 2.13. The molecule has 0 saturated heterocycles. The second-order valence-electron chi connectivity index (χ2n) is 9.93. The van der Waals surface area contributed by atoms with Crippen LogP contribution in [-0.4, -0.2) is 38.3 Å². The third kappa shape index (κ3) is 10.5. The van der Waals surface area contributed by atoms with Gasteiger partial charge in [0.15, 0.2) is 0 Å². The number of anilines is 2. The number of fused-ring (bicyclic) bond motifs is 1. The number of halogens is 1. The number of rotatable bonds is 12.